The van der Waals surface area contributed by atoms with Crippen molar-refractivity contribution in [2.45, 2.75) is 13.3 Å². The first kappa shape index (κ1) is 16.2. The van der Waals surface area contributed by atoms with Crippen molar-refractivity contribution in [3.8, 4) is 0 Å². The van der Waals surface area contributed by atoms with Gasteiger partial charge in [-0.05, 0) is 40.5 Å². The average Bonchev–Trinajstić information content (AvgIpc) is 2.40. The molecule has 1 aromatic rings. The van der Waals surface area contributed by atoms with E-state index >= 15 is 0 Å². The summed E-state index contributed by atoms with van der Waals surface area (Å²) in [5.41, 5.74) is 0.691. The predicted molar refractivity (Wildman–Crippen MR) is 82.2 cm³/mol. The Morgan fingerprint density at radius 3 is 2.70 bits per heavy atom. The Hall–Kier alpha value is -1.82. The number of nitrogens with zero attached hydrogens (tertiary/aromatic N) is 1. The number of anilines is 1. The van der Waals surface area contributed by atoms with E-state index in [-0.39, 0.29) is 11.6 Å². The van der Waals surface area contributed by atoms with Crippen molar-refractivity contribution in [2.75, 3.05) is 18.4 Å². The van der Waals surface area contributed by atoms with Gasteiger partial charge in [-0.15, -0.1) is 6.58 Å². The topological polar surface area (TPSA) is 69.6 Å². The summed E-state index contributed by atoms with van der Waals surface area (Å²) in [6, 6.07) is 4.22. The largest absolute Gasteiger partial charge is 0.478 e. The number of hydrogen-bond donors (Lipinski definition) is 2. The van der Waals surface area contributed by atoms with Crippen LogP contribution < -0.4 is 5.32 Å². The van der Waals surface area contributed by atoms with E-state index in [1.165, 1.54) is 12.1 Å². The van der Waals surface area contributed by atoms with E-state index in [1.54, 1.807) is 17.0 Å². The molecule has 0 atom stereocenters. The summed E-state index contributed by atoms with van der Waals surface area (Å²) >= 11 is 3.25. The zero-order valence-corrected chi connectivity index (χ0v) is 12.8. The minimum absolute atomic E-state index is 0.159. The number of amides is 2. The van der Waals surface area contributed by atoms with Crippen molar-refractivity contribution in [1.82, 2.24) is 4.90 Å². The van der Waals surface area contributed by atoms with Gasteiger partial charge >= 0.3 is 12.0 Å². The number of aromatic carboxylic acids is 1. The van der Waals surface area contributed by atoms with Crippen LogP contribution in [0.4, 0.5) is 10.5 Å². The van der Waals surface area contributed by atoms with Gasteiger partial charge in [0, 0.05) is 17.6 Å². The van der Waals surface area contributed by atoms with Crippen LogP contribution >= 0.6 is 15.9 Å². The number of halogens is 1. The van der Waals surface area contributed by atoms with Crippen molar-refractivity contribution >= 4 is 33.6 Å². The van der Waals surface area contributed by atoms with Gasteiger partial charge in [0.2, 0.25) is 0 Å². The van der Waals surface area contributed by atoms with Crippen molar-refractivity contribution in [3.05, 3.63) is 40.9 Å². The number of carboxylic acid groups (broad SMARTS) is 1. The number of urea groups is 1. The average molecular weight is 341 g/mol. The van der Waals surface area contributed by atoms with E-state index in [0.717, 1.165) is 6.42 Å². The smallest absolute Gasteiger partial charge is 0.335 e. The molecule has 0 radical (unpaired) electrons. The highest BCUT2D eigenvalue weighted by Gasteiger charge is 2.13. The summed E-state index contributed by atoms with van der Waals surface area (Å²) < 4.78 is 0.529. The Bertz CT molecular complexity index is 517. The fourth-order valence-electron chi connectivity index (χ4n) is 1.65. The van der Waals surface area contributed by atoms with E-state index in [1.807, 2.05) is 6.92 Å². The first-order valence-electron chi connectivity index (χ1n) is 6.19. The SMILES string of the molecule is C=CCN(CCC)C(=O)Nc1ccc(C(=O)O)cc1Br. The van der Waals surface area contributed by atoms with E-state index < -0.39 is 5.97 Å². The Kier molecular flexibility index (Phi) is 6.24. The number of carbonyl (C=O) groups is 2. The van der Waals surface area contributed by atoms with Gasteiger partial charge in [-0.1, -0.05) is 13.0 Å². The molecule has 20 heavy (non-hydrogen) atoms. The van der Waals surface area contributed by atoms with Gasteiger partial charge < -0.3 is 15.3 Å². The summed E-state index contributed by atoms with van der Waals surface area (Å²) in [5.74, 6) is -1.01. The maximum Gasteiger partial charge on any atom is 0.335 e. The standard InChI is InChI=1S/C14H17BrN2O3/c1-3-7-17(8-4-2)14(20)16-12-6-5-10(13(18)19)9-11(12)15/h3,5-6,9H,1,4,7-8H2,2H3,(H,16,20)(H,18,19). The van der Waals surface area contributed by atoms with Crippen LogP contribution in [0.2, 0.25) is 0 Å². The van der Waals surface area contributed by atoms with Crippen LogP contribution in [0.25, 0.3) is 0 Å². The van der Waals surface area contributed by atoms with Crippen LogP contribution in [0.15, 0.2) is 35.3 Å². The number of nitrogens with one attached hydrogen (secondary N) is 1. The molecule has 0 saturated carbocycles. The number of benzene rings is 1. The Labute approximate surface area is 126 Å². The second-order valence-corrected chi connectivity index (χ2v) is 5.02. The van der Waals surface area contributed by atoms with Crippen molar-refractivity contribution in [1.29, 1.82) is 0 Å². The second-order valence-electron chi connectivity index (χ2n) is 4.16. The van der Waals surface area contributed by atoms with Gasteiger partial charge in [0.25, 0.3) is 0 Å². The Morgan fingerprint density at radius 2 is 2.20 bits per heavy atom. The van der Waals surface area contributed by atoms with Crippen molar-refractivity contribution in [3.63, 3.8) is 0 Å². The molecule has 2 N–H and O–H groups in total. The molecule has 108 valence electrons. The van der Waals surface area contributed by atoms with Crippen molar-refractivity contribution in [2.24, 2.45) is 0 Å². The lowest BCUT2D eigenvalue weighted by atomic mass is 10.2. The predicted octanol–water partition coefficient (Wildman–Crippen LogP) is 3.58. The fraction of sp³-hybridized carbons (Fsp3) is 0.286. The molecule has 0 aromatic heterocycles. The summed E-state index contributed by atoms with van der Waals surface area (Å²) in [4.78, 5) is 24.6. The summed E-state index contributed by atoms with van der Waals surface area (Å²) in [7, 11) is 0. The van der Waals surface area contributed by atoms with E-state index in [2.05, 4.69) is 27.8 Å². The van der Waals surface area contributed by atoms with Gasteiger partial charge in [-0.3, -0.25) is 0 Å². The molecule has 1 aromatic carbocycles. The third-order valence-electron chi connectivity index (χ3n) is 2.59. The molecule has 2 amide bonds. The molecule has 0 aliphatic rings. The highest BCUT2D eigenvalue weighted by Crippen LogP contribution is 2.24. The normalized spacial score (nSPS) is 9.90. The molecule has 5 nitrogen and oxygen atoms in total. The minimum atomic E-state index is -1.01. The van der Waals surface area contributed by atoms with Crippen LogP contribution in [-0.2, 0) is 0 Å². The second kappa shape index (κ2) is 7.69. The monoisotopic (exact) mass is 340 g/mol. The Balaban J connectivity index is 2.83. The minimum Gasteiger partial charge on any atom is -0.478 e. The molecule has 1 rings (SSSR count). The van der Waals surface area contributed by atoms with Crippen LogP contribution in [0.3, 0.4) is 0 Å². The highest BCUT2D eigenvalue weighted by molar-refractivity contribution is 9.10. The maximum atomic E-state index is 12.1. The van der Waals surface area contributed by atoms with E-state index in [9.17, 15) is 9.59 Å². The van der Waals surface area contributed by atoms with Crippen molar-refractivity contribution < 1.29 is 14.7 Å². The Morgan fingerprint density at radius 1 is 1.50 bits per heavy atom. The summed E-state index contributed by atoms with van der Waals surface area (Å²) in [6.07, 6.45) is 2.51. The highest BCUT2D eigenvalue weighted by atomic mass is 79.9. The quantitative estimate of drug-likeness (QED) is 0.777. The summed E-state index contributed by atoms with van der Waals surface area (Å²) in [5, 5.41) is 11.6. The first-order valence-corrected chi connectivity index (χ1v) is 6.98. The molecule has 0 unspecified atom stereocenters. The van der Waals surface area contributed by atoms with Gasteiger partial charge in [0.1, 0.15) is 0 Å². The maximum absolute atomic E-state index is 12.1. The molecule has 0 saturated heterocycles. The number of carbonyl (C=O) groups excluding carboxylic acids is 1. The molecule has 0 spiro atoms. The zero-order chi connectivity index (χ0) is 15.1. The molecule has 0 bridgehead atoms. The molecule has 6 heteroatoms. The third-order valence-corrected chi connectivity index (χ3v) is 3.24. The van der Waals surface area contributed by atoms with Gasteiger partial charge in [-0.2, -0.15) is 0 Å². The molecule has 0 aliphatic carbocycles. The fourth-order valence-corrected chi connectivity index (χ4v) is 2.12. The van der Waals surface area contributed by atoms with Gasteiger partial charge in [0.05, 0.1) is 11.3 Å². The molecule has 0 aliphatic heterocycles. The molecular formula is C14H17BrN2O3. The van der Waals surface area contributed by atoms with E-state index in [4.69, 9.17) is 5.11 Å². The zero-order valence-electron chi connectivity index (χ0n) is 11.2. The number of carboxylic acids is 1. The molecular weight excluding hydrogens is 324 g/mol. The number of hydrogen-bond acceptors (Lipinski definition) is 2. The first-order chi connectivity index (χ1) is 9.49. The molecule has 0 fully saturated rings. The lowest BCUT2D eigenvalue weighted by molar-refractivity contribution is 0.0697. The lowest BCUT2D eigenvalue weighted by Crippen LogP contribution is -2.35. The van der Waals surface area contributed by atoms with Crippen LogP contribution in [-0.4, -0.2) is 35.1 Å². The lowest BCUT2D eigenvalue weighted by Gasteiger charge is -2.21. The number of rotatable bonds is 6. The van der Waals surface area contributed by atoms with E-state index in [0.29, 0.717) is 23.2 Å². The van der Waals surface area contributed by atoms with Crippen LogP contribution in [0.1, 0.15) is 23.7 Å². The summed E-state index contributed by atoms with van der Waals surface area (Å²) in [6.45, 7) is 6.70. The third kappa shape index (κ3) is 4.38. The molecule has 0 heterocycles. The van der Waals surface area contributed by atoms with Crippen LogP contribution in [0.5, 0.6) is 0 Å². The van der Waals surface area contributed by atoms with Gasteiger partial charge in [-0.25, -0.2) is 9.59 Å². The van der Waals surface area contributed by atoms with Gasteiger partial charge in [0.15, 0.2) is 0 Å². The van der Waals surface area contributed by atoms with Crippen LogP contribution in [0, 0.1) is 0 Å².